The van der Waals surface area contributed by atoms with E-state index in [1.807, 2.05) is 18.2 Å². The first-order valence-electron chi connectivity index (χ1n) is 6.97. The van der Waals surface area contributed by atoms with Crippen LogP contribution in [0.25, 0.3) is 0 Å². The van der Waals surface area contributed by atoms with Gasteiger partial charge < -0.3 is 10.1 Å². The molecule has 0 bridgehead atoms. The van der Waals surface area contributed by atoms with Crippen molar-refractivity contribution in [3.05, 3.63) is 71.0 Å². The molecule has 4 nitrogen and oxygen atoms in total. The van der Waals surface area contributed by atoms with E-state index in [4.69, 9.17) is 17.0 Å². The van der Waals surface area contributed by atoms with E-state index in [1.54, 1.807) is 24.4 Å². The SMILES string of the molecule is C=CCOc1ccc(Br)cc1C=NNC(=S)Nc1ccc(F)cc1. The second-order valence-electron chi connectivity index (χ2n) is 4.61. The number of thiocarbonyl (C=S) groups is 1. The molecule has 0 fully saturated rings. The third-order valence-electron chi connectivity index (χ3n) is 2.80. The lowest BCUT2D eigenvalue weighted by Crippen LogP contribution is -2.23. The van der Waals surface area contributed by atoms with Gasteiger partial charge in [0.1, 0.15) is 18.2 Å². The summed E-state index contributed by atoms with van der Waals surface area (Å²) >= 11 is 8.54. The maximum Gasteiger partial charge on any atom is 0.191 e. The second kappa shape index (κ2) is 9.14. The molecular weight excluding hydrogens is 393 g/mol. The van der Waals surface area contributed by atoms with Crippen LogP contribution in [0.1, 0.15) is 5.56 Å². The molecule has 2 N–H and O–H groups in total. The molecule has 0 aromatic heterocycles. The molecule has 2 aromatic carbocycles. The number of halogens is 2. The van der Waals surface area contributed by atoms with Crippen molar-refractivity contribution in [2.75, 3.05) is 11.9 Å². The quantitative estimate of drug-likeness (QED) is 0.320. The number of hydrazone groups is 1. The van der Waals surface area contributed by atoms with Gasteiger partial charge in [-0.1, -0.05) is 28.6 Å². The molecule has 2 aromatic rings. The van der Waals surface area contributed by atoms with E-state index >= 15 is 0 Å². The van der Waals surface area contributed by atoms with Crippen LogP contribution in [0.4, 0.5) is 10.1 Å². The lowest BCUT2D eigenvalue weighted by Gasteiger charge is -2.08. The Balaban J connectivity index is 1.97. The topological polar surface area (TPSA) is 45.6 Å². The summed E-state index contributed by atoms with van der Waals surface area (Å²) in [6, 6.07) is 11.5. The van der Waals surface area contributed by atoms with Crippen LogP contribution in [-0.4, -0.2) is 17.9 Å². The molecule has 0 radical (unpaired) electrons. The number of benzene rings is 2. The Kier molecular flexibility index (Phi) is 6.89. The van der Waals surface area contributed by atoms with Gasteiger partial charge in [0.05, 0.1) is 6.21 Å². The average molecular weight is 408 g/mol. The van der Waals surface area contributed by atoms with Gasteiger partial charge in [0.15, 0.2) is 5.11 Å². The molecule has 0 unspecified atom stereocenters. The largest absolute Gasteiger partial charge is 0.489 e. The normalized spacial score (nSPS) is 10.4. The predicted molar refractivity (Wildman–Crippen MR) is 103 cm³/mol. The van der Waals surface area contributed by atoms with Crippen molar-refractivity contribution in [2.24, 2.45) is 5.10 Å². The van der Waals surface area contributed by atoms with Gasteiger partial charge in [-0.05, 0) is 54.7 Å². The lowest BCUT2D eigenvalue weighted by molar-refractivity contribution is 0.362. The van der Waals surface area contributed by atoms with E-state index in [0.29, 0.717) is 23.2 Å². The van der Waals surface area contributed by atoms with Crippen molar-refractivity contribution in [1.82, 2.24) is 5.43 Å². The van der Waals surface area contributed by atoms with Crippen molar-refractivity contribution in [3.8, 4) is 5.75 Å². The van der Waals surface area contributed by atoms with Gasteiger partial charge >= 0.3 is 0 Å². The van der Waals surface area contributed by atoms with Crippen molar-refractivity contribution < 1.29 is 9.13 Å². The van der Waals surface area contributed by atoms with Gasteiger partial charge in [0, 0.05) is 15.7 Å². The number of nitrogens with one attached hydrogen (secondary N) is 2. The Morgan fingerprint density at radius 2 is 2.04 bits per heavy atom. The summed E-state index contributed by atoms with van der Waals surface area (Å²) in [4.78, 5) is 0. The molecule has 0 aliphatic carbocycles. The molecule has 7 heteroatoms. The van der Waals surface area contributed by atoms with Crippen LogP contribution in [0.5, 0.6) is 5.75 Å². The third-order valence-corrected chi connectivity index (χ3v) is 3.49. The standard InChI is InChI=1S/C17H15BrFN3OS/c1-2-9-23-16-8-3-13(18)10-12(16)11-20-22-17(24)21-15-6-4-14(19)5-7-15/h2-8,10-11H,1,9H2,(H2,21,22,24). The molecular formula is C17H15BrFN3OS. The summed E-state index contributed by atoms with van der Waals surface area (Å²) in [7, 11) is 0. The molecule has 0 heterocycles. The fourth-order valence-electron chi connectivity index (χ4n) is 1.75. The Morgan fingerprint density at radius 3 is 2.75 bits per heavy atom. The first kappa shape index (κ1) is 18.1. The van der Waals surface area contributed by atoms with E-state index in [9.17, 15) is 4.39 Å². The summed E-state index contributed by atoms with van der Waals surface area (Å²) in [5.74, 6) is 0.375. The molecule has 0 aliphatic rings. The van der Waals surface area contributed by atoms with Crippen LogP contribution in [-0.2, 0) is 0 Å². The minimum atomic E-state index is -0.306. The number of anilines is 1. The van der Waals surface area contributed by atoms with Gasteiger partial charge in [0.2, 0.25) is 0 Å². The summed E-state index contributed by atoms with van der Waals surface area (Å²) in [6.07, 6.45) is 3.27. The first-order chi connectivity index (χ1) is 11.6. The monoisotopic (exact) mass is 407 g/mol. The van der Waals surface area contributed by atoms with Gasteiger partial charge in [-0.25, -0.2) is 4.39 Å². The Labute approximate surface area is 153 Å². The van der Waals surface area contributed by atoms with E-state index in [0.717, 1.165) is 10.0 Å². The number of ether oxygens (including phenoxy) is 1. The maximum absolute atomic E-state index is 12.9. The highest BCUT2D eigenvalue weighted by atomic mass is 79.9. The summed E-state index contributed by atoms with van der Waals surface area (Å²) in [5.41, 5.74) is 4.15. The van der Waals surface area contributed by atoms with Crippen LogP contribution in [0, 0.1) is 5.82 Å². The zero-order valence-electron chi connectivity index (χ0n) is 12.6. The highest BCUT2D eigenvalue weighted by Gasteiger charge is 2.02. The van der Waals surface area contributed by atoms with Crippen molar-refractivity contribution in [1.29, 1.82) is 0 Å². The van der Waals surface area contributed by atoms with Gasteiger partial charge in [-0.2, -0.15) is 5.10 Å². The summed E-state index contributed by atoms with van der Waals surface area (Å²) < 4.78 is 19.3. The smallest absolute Gasteiger partial charge is 0.191 e. The van der Waals surface area contributed by atoms with Crippen LogP contribution >= 0.6 is 28.1 Å². The molecule has 0 saturated heterocycles. The van der Waals surface area contributed by atoms with Crippen molar-refractivity contribution >= 4 is 45.2 Å². The Morgan fingerprint density at radius 1 is 1.29 bits per heavy atom. The molecule has 0 spiro atoms. The fraction of sp³-hybridized carbons (Fsp3) is 0.0588. The molecule has 2 rings (SSSR count). The van der Waals surface area contributed by atoms with E-state index in [2.05, 4.69) is 38.4 Å². The number of nitrogens with zero attached hydrogens (tertiary/aromatic N) is 1. The summed E-state index contributed by atoms with van der Waals surface area (Å²) in [6.45, 7) is 4.03. The highest BCUT2D eigenvalue weighted by Crippen LogP contribution is 2.21. The highest BCUT2D eigenvalue weighted by molar-refractivity contribution is 9.10. The number of hydrogen-bond donors (Lipinski definition) is 2. The van der Waals surface area contributed by atoms with Gasteiger partial charge in [0.25, 0.3) is 0 Å². The second-order valence-corrected chi connectivity index (χ2v) is 5.94. The summed E-state index contributed by atoms with van der Waals surface area (Å²) in [5, 5.41) is 7.28. The van der Waals surface area contributed by atoms with E-state index in [1.165, 1.54) is 12.1 Å². The van der Waals surface area contributed by atoms with Crippen molar-refractivity contribution in [3.63, 3.8) is 0 Å². The zero-order chi connectivity index (χ0) is 17.4. The molecule has 24 heavy (non-hydrogen) atoms. The first-order valence-corrected chi connectivity index (χ1v) is 8.17. The lowest BCUT2D eigenvalue weighted by atomic mass is 10.2. The molecule has 124 valence electrons. The minimum Gasteiger partial charge on any atom is -0.489 e. The van der Waals surface area contributed by atoms with Gasteiger partial charge in [-0.15, -0.1) is 0 Å². The molecule has 0 saturated carbocycles. The van der Waals surface area contributed by atoms with Crippen LogP contribution in [0.3, 0.4) is 0 Å². The molecule has 0 amide bonds. The van der Waals surface area contributed by atoms with E-state index in [-0.39, 0.29) is 5.82 Å². The zero-order valence-corrected chi connectivity index (χ0v) is 15.0. The number of hydrogen-bond acceptors (Lipinski definition) is 3. The van der Waals surface area contributed by atoms with Gasteiger partial charge in [-0.3, -0.25) is 5.43 Å². The molecule has 0 atom stereocenters. The predicted octanol–water partition coefficient (Wildman–Crippen LogP) is 4.47. The van der Waals surface area contributed by atoms with E-state index < -0.39 is 0 Å². The van der Waals surface area contributed by atoms with Crippen LogP contribution in [0.2, 0.25) is 0 Å². The molecule has 0 aliphatic heterocycles. The van der Waals surface area contributed by atoms with Crippen molar-refractivity contribution in [2.45, 2.75) is 0 Å². The maximum atomic E-state index is 12.9. The third kappa shape index (κ3) is 5.75. The van der Waals surface area contributed by atoms with Crippen LogP contribution in [0.15, 0.2) is 64.7 Å². The number of rotatable bonds is 6. The fourth-order valence-corrected chi connectivity index (χ4v) is 2.30. The Hall–Kier alpha value is -2.25. The Bertz CT molecular complexity index is 750. The van der Waals surface area contributed by atoms with Crippen LogP contribution < -0.4 is 15.5 Å². The minimum absolute atomic E-state index is 0.293. The average Bonchev–Trinajstić information content (AvgIpc) is 2.56.